The summed E-state index contributed by atoms with van der Waals surface area (Å²) in [5.41, 5.74) is 0. The molecule has 2 fully saturated rings. The molecular weight excluding hydrogens is 140 g/mol. The lowest BCUT2D eigenvalue weighted by atomic mass is 9.80. The number of aliphatic hydroxyl groups is 1. The van der Waals surface area contributed by atoms with Gasteiger partial charge in [0, 0.05) is 12.3 Å². The molecule has 2 aliphatic rings. The summed E-state index contributed by atoms with van der Waals surface area (Å²) in [6.07, 6.45) is 4.52. The Morgan fingerprint density at radius 1 is 1.27 bits per heavy atom. The Kier molecular flexibility index (Phi) is 1.72. The van der Waals surface area contributed by atoms with E-state index in [9.17, 15) is 9.90 Å². The van der Waals surface area contributed by atoms with Gasteiger partial charge in [0.25, 0.3) is 0 Å². The number of aliphatic hydroxyl groups excluding tert-OH is 1. The van der Waals surface area contributed by atoms with Gasteiger partial charge in [-0.25, -0.2) is 0 Å². The Morgan fingerprint density at radius 3 is 2.82 bits per heavy atom. The molecule has 1 N–H and O–H groups in total. The molecule has 2 aliphatic carbocycles. The van der Waals surface area contributed by atoms with Crippen molar-refractivity contribution in [3.63, 3.8) is 0 Å². The third-order valence-electron chi connectivity index (χ3n) is 3.13. The van der Waals surface area contributed by atoms with Crippen molar-refractivity contribution in [2.75, 3.05) is 0 Å². The second-order valence-corrected chi connectivity index (χ2v) is 3.79. The molecule has 0 amide bonds. The van der Waals surface area contributed by atoms with E-state index in [1.807, 2.05) is 0 Å². The lowest BCUT2D eigenvalue weighted by molar-refractivity contribution is -0.128. The Balaban J connectivity index is 2.14. The van der Waals surface area contributed by atoms with Gasteiger partial charge in [-0.15, -0.1) is 0 Å². The molecule has 0 radical (unpaired) electrons. The van der Waals surface area contributed by atoms with Gasteiger partial charge in [0.1, 0.15) is 5.78 Å². The Bertz CT molecular complexity index is 174. The molecule has 2 heteroatoms. The predicted molar refractivity (Wildman–Crippen MR) is 41.1 cm³/mol. The minimum atomic E-state index is -0.312. The van der Waals surface area contributed by atoms with Crippen molar-refractivity contribution in [1.82, 2.24) is 0 Å². The van der Waals surface area contributed by atoms with E-state index in [1.165, 1.54) is 0 Å². The third-order valence-corrected chi connectivity index (χ3v) is 3.13. The van der Waals surface area contributed by atoms with Crippen LogP contribution in [0.25, 0.3) is 0 Å². The van der Waals surface area contributed by atoms with Gasteiger partial charge in [-0.3, -0.25) is 4.79 Å². The van der Waals surface area contributed by atoms with E-state index < -0.39 is 0 Å². The summed E-state index contributed by atoms with van der Waals surface area (Å²) in [5, 5.41) is 9.47. The quantitative estimate of drug-likeness (QED) is 0.568. The maximum atomic E-state index is 11.3. The molecule has 0 aromatic heterocycles. The highest BCUT2D eigenvalue weighted by molar-refractivity contribution is 5.82. The van der Waals surface area contributed by atoms with Crippen molar-refractivity contribution in [3.8, 4) is 0 Å². The van der Waals surface area contributed by atoms with Crippen molar-refractivity contribution >= 4 is 5.78 Å². The summed E-state index contributed by atoms with van der Waals surface area (Å²) in [7, 11) is 0. The molecule has 62 valence electrons. The first-order chi connectivity index (χ1) is 5.29. The number of fused-ring (bicyclic) bond motifs is 1. The number of rotatable bonds is 0. The predicted octanol–water partition coefficient (Wildman–Crippen LogP) is 1.13. The molecule has 0 aromatic rings. The van der Waals surface area contributed by atoms with Crippen LogP contribution in [0.5, 0.6) is 0 Å². The number of Topliss-reactive ketones (excluding diaryl/α,β-unsaturated/α-hetero) is 1. The smallest absolute Gasteiger partial charge is 0.138 e. The Labute approximate surface area is 66.6 Å². The molecule has 1 unspecified atom stereocenters. The minimum absolute atomic E-state index is 0.0174. The summed E-state index contributed by atoms with van der Waals surface area (Å²) < 4.78 is 0. The van der Waals surface area contributed by atoms with Crippen LogP contribution in [-0.2, 0) is 4.79 Å². The first-order valence-corrected chi connectivity index (χ1v) is 4.50. The molecule has 0 aromatic carbocycles. The standard InChI is InChI=1S/C9H14O2/c10-7-3-1-2-6-4-5-8(11)9(6)7/h6,8-9,11H,1-5H2/t6-,8?,9-/m0/s1. The zero-order valence-corrected chi connectivity index (χ0v) is 6.62. The fraction of sp³-hybridized carbons (Fsp3) is 0.889. The molecule has 2 rings (SSSR count). The normalized spacial score (nSPS) is 44.1. The number of hydrogen-bond donors (Lipinski definition) is 1. The van der Waals surface area contributed by atoms with Gasteiger partial charge in [0.05, 0.1) is 6.10 Å². The van der Waals surface area contributed by atoms with Crippen LogP contribution >= 0.6 is 0 Å². The number of carbonyl (C=O) groups excluding carboxylic acids is 1. The second-order valence-electron chi connectivity index (χ2n) is 3.79. The fourth-order valence-electron chi connectivity index (χ4n) is 2.56. The van der Waals surface area contributed by atoms with Gasteiger partial charge >= 0.3 is 0 Å². The molecule has 2 saturated carbocycles. The average molecular weight is 154 g/mol. The topological polar surface area (TPSA) is 37.3 Å². The van der Waals surface area contributed by atoms with Crippen LogP contribution < -0.4 is 0 Å². The van der Waals surface area contributed by atoms with Crippen molar-refractivity contribution in [3.05, 3.63) is 0 Å². The first-order valence-electron chi connectivity index (χ1n) is 4.50. The molecule has 0 heterocycles. The van der Waals surface area contributed by atoms with Gasteiger partial charge < -0.3 is 5.11 Å². The third kappa shape index (κ3) is 1.09. The summed E-state index contributed by atoms with van der Waals surface area (Å²) >= 11 is 0. The van der Waals surface area contributed by atoms with Crippen LogP contribution in [0.4, 0.5) is 0 Å². The summed E-state index contributed by atoms with van der Waals surface area (Å²) in [6, 6.07) is 0. The van der Waals surface area contributed by atoms with E-state index in [0.717, 1.165) is 25.7 Å². The SMILES string of the molecule is O=C1CCC[C@H]2CCC(O)[C@H]12. The molecule has 11 heavy (non-hydrogen) atoms. The van der Waals surface area contributed by atoms with Gasteiger partial charge in [0.15, 0.2) is 0 Å². The summed E-state index contributed by atoms with van der Waals surface area (Å²) in [4.78, 5) is 11.3. The van der Waals surface area contributed by atoms with Crippen LogP contribution in [0.15, 0.2) is 0 Å². The van der Waals surface area contributed by atoms with E-state index in [1.54, 1.807) is 0 Å². The number of ketones is 1. The summed E-state index contributed by atoms with van der Waals surface area (Å²) in [6.45, 7) is 0. The van der Waals surface area contributed by atoms with Gasteiger partial charge in [0.2, 0.25) is 0 Å². The maximum absolute atomic E-state index is 11.3. The maximum Gasteiger partial charge on any atom is 0.138 e. The highest BCUT2D eigenvalue weighted by Crippen LogP contribution is 2.40. The van der Waals surface area contributed by atoms with Crippen LogP contribution in [0.3, 0.4) is 0 Å². The monoisotopic (exact) mass is 154 g/mol. The molecule has 0 aliphatic heterocycles. The largest absolute Gasteiger partial charge is 0.392 e. The highest BCUT2D eigenvalue weighted by atomic mass is 16.3. The van der Waals surface area contributed by atoms with Gasteiger partial charge in [-0.2, -0.15) is 0 Å². The highest BCUT2D eigenvalue weighted by Gasteiger charge is 2.41. The molecule has 3 atom stereocenters. The van der Waals surface area contributed by atoms with Gasteiger partial charge in [-0.1, -0.05) is 0 Å². The van der Waals surface area contributed by atoms with E-state index in [-0.39, 0.29) is 12.0 Å². The van der Waals surface area contributed by atoms with Gasteiger partial charge in [-0.05, 0) is 31.6 Å². The molecule has 0 spiro atoms. The molecular formula is C9H14O2. The molecule has 2 nitrogen and oxygen atoms in total. The second kappa shape index (κ2) is 2.59. The zero-order chi connectivity index (χ0) is 7.84. The van der Waals surface area contributed by atoms with E-state index in [4.69, 9.17) is 0 Å². The van der Waals surface area contributed by atoms with Crippen LogP contribution in [0, 0.1) is 11.8 Å². The van der Waals surface area contributed by atoms with Crippen molar-refractivity contribution in [2.45, 2.75) is 38.2 Å². The number of carbonyl (C=O) groups is 1. The molecule has 0 saturated heterocycles. The first kappa shape index (κ1) is 7.29. The van der Waals surface area contributed by atoms with Crippen LogP contribution in [0.2, 0.25) is 0 Å². The number of hydrogen-bond acceptors (Lipinski definition) is 2. The lowest BCUT2D eigenvalue weighted by Gasteiger charge is -2.25. The van der Waals surface area contributed by atoms with Crippen LogP contribution in [-0.4, -0.2) is 17.0 Å². The van der Waals surface area contributed by atoms with Crippen molar-refractivity contribution in [1.29, 1.82) is 0 Å². The van der Waals surface area contributed by atoms with Crippen LogP contribution in [0.1, 0.15) is 32.1 Å². The lowest BCUT2D eigenvalue weighted by Crippen LogP contribution is -2.31. The minimum Gasteiger partial charge on any atom is -0.392 e. The van der Waals surface area contributed by atoms with E-state index in [0.29, 0.717) is 18.1 Å². The Hall–Kier alpha value is -0.370. The van der Waals surface area contributed by atoms with Crippen molar-refractivity contribution in [2.24, 2.45) is 11.8 Å². The summed E-state index contributed by atoms with van der Waals surface area (Å²) in [5.74, 6) is 0.848. The van der Waals surface area contributed by atoms with E-state index >= 15 is 0 Å². The Morgan fingerprint density at radius 2 is 2.09 bits per heavy atom. The fourth-order valence-corrected chi connectivity index (χ4v) is 2.56. The zero-order valence-electron chi connectivity index (χ0n) is 6.62. The van der Waals surface area contributed by atoms with E-state index in [2.05, 4.69) is 0 Å². The average Bonchev–Trinajstić information content (AvgIpc) is 2.34. The molecule has 0 bridgehead atoms. The van der Waals surface area contributed by atoms with Crippen molar-refractivity contribution < 1.29 is 9.90 Å².